The zero-order valence-corrected chi connectivity index (χ0v) is 10.6. The minimum Gasteiger partial charge on any atom is -0.480 e. The van der Waals surface area contributed by atoms with Crippen LogP contribution in [-0.2, 0) is 16.0 Å². The zero-order chi connectivity index (χ0) is 13.7. The molecule has 0 radical (unpaired) electrons. The number of carboxylic acid groups (broad SMARTS) is 1. The largest absolute Gasteiger partial charge is 0.480 e. The van der Waals surface area contributed by atoms with Crippen molar-refractivity contribution in [2.45, 2.75) is 45.6 Å². The lowest BCUT2D eigenvalue weighted by Gasteiger charge is -2.07. The normalized spacial score (nSPS) is 12.4. The van der Waals surface area contributed by atoms with Crippen molar-refractivity contribution < 1.29 is 19.2 Å². The van der Waals surface area contributed by atoms with Gasteiger partial charge in [0.1, 0.15) is 6.04 Å². The molecular weight excluding hydrogens is 238 g/mol. The van der Waals surface area contributed by atoms with E-state index in [0.29, 0.717) is 18.1 Å². The molecule has 0 saturated heterocycles. The van der Waals surface area contributed by atoms with Crippen molar-refractivity contribution in [2.75, 3.05) is 0 Å². The predicted octanol–water partition coefficient (Wildman–Crippen LogP) is 0.715. The van der Waals surface area contributed by atoms with Crippen molar-refractivity contribution in [3.8, 4) is 0 Å². The first-order valence-electron chi connectivity index (χ1n) is 5.74. The van der Waals surface area contributed by atoms with E-state index in [1.807, 2.05) is 13.8 Å². The van der Waals surface area contributed by atoms with Crippen LogP contribution in [0.3, 0.4) is 0 Å². The van der Waals surface area contributed by atoms with Crippen LogP contribution in [-0.4, -0.2) is 33.2 Å². The first-order valence-corrected chi connectivity index (χ1v) is 5.74. The lowest BCUT2D eigenvalue weighted by molar-refractivity contribution is -0.141. The molecule has 1 heterocycles. The van der Waals surface area contributed by atoms with Crippen LogP contribution < -0.4 is 5.32 Å². The van der Waals surface area contributed by atoms with E-state index < -0.39 is 12.0 Å². The van der Waals surface area contributed by atoms with Crippen LogP contribution in [0.2, 0.25) is 0 Å². The van der Waals surface area contributed by atoms with Crippen LogP contribution in [0.5, 0.6) is 0 Å². The smallest absolute Gasteiger partial charge is 0.325 e. The van der Waals surface area contributed by atoms with Crippen molar-refractivity contribution in [1.29, 1.82) is 0 Å². The number of carbonyl (C=O) groups excluding carboxylic acids is 1. The summed E-state index contributed by atoms with van der Waals surface area (Å²) in [5, 5.41) is 14.7. The van der Waals surface area contributed by atoms with Gasteiger partial charge in [-0.05, 0) is 6.92 Å². The Bertz CT molecular complexity index is 428. The van der Waals surface area contributed by atoms with E-state index in [9.17, 15) is 9.59 Å². The molecule has 0 saturated carbocycles. The number of hydrogen-bond acceptors (Lipinski definition) is 5. The third-order valence-electron chi connectivity index (χ3n) is 2.31. The Labute approximate surface area is 105 Å². The fourth-order valence-electron chi connectivity index (χ4n) is 1.20. The van der Waals surface area contributed by atoms with Crippen LogP contribution in [0.1, 0.15) is 44.8 Å². The highest BCUT2D eigenvalue weighted by molar-refractivity contribution is 5.83. The summed E-state index contributed by atoms with van der Waals surface area (Å²) >= 11 is 0. The summed E-state index contributed by atoms with van der Waals surface area (Å²) in [7, 11) is 0. The van der Waals surface area contributed by atoms with Crippen LogP contribution in [0.15, 0.2) is 4.52 Å². The van der Waals surface area contributed by atoms with Crippen molar-refractivity contribution in [2.24, 2.45) is 0 Å². The lowest BCUT2D eigenvalue weighted by atomic mass is 10.2. The van der Waals surface area contributed by atoms with Gasteiger partial charge in [0.15, 0.2) is 5.82 Å². The number of hydrogen-bond donors (Lipinski definition) is 2. The van der Waals surface area contributed by atoms with Crippen LogP contribution in [0.25, 0.3) is 0 Å². The Morgan fingerprint density at radius 3 is 2.56 bits per heavy atom. The second kappa shape index (κ2) is 6.13. The third kappa shape index (κ3) is 4.15. The summed E-state index contributed by atoms with van der Waals surface area (Å²) in [5.74, 6) is -0.262. The van der Waals surface area contributed by atoms with Gasteiger partial charge in [0.25, 0.3) is 0 Å². The lowest BCUT2D eigenvalue weighted by Crippen LogP contribution is -2.38. The van der Waals surface area contributed by atoms with Gasteiger partial charge in [0, 0.05) is 18.8 Å². The van der Waals surface area contributed by atoms with E-state index in [0.717, 1.165) is 0 Å². The monoisotopic (exact) mass is 255 g/mol. The van der Waals surface area contributed by atoms with Crippen LogP contribution in [0.4, 0.5) is 0 Å². The number of carboxylic acids is 1. The number of amides is 1. The van der Waals surface area contributed by atoms with E-state index in [-0.39, 0.29) is 18.2 Å². The summed E-state index contributed by atoms with van der Waals surface area (Å²) in [4.78, 5) is 26.1. The number of rotatable bonds is 6. The highest BCUT2D eigenvalue weighted by Crippen LogP contribution is 2.10. The summed E-state index contributed by atoms with van der Waals surface area (Å²) in [6.07, 6.45) is 0.426. The number of nitrogens with one attached hydrogen (secondary N) is 1. The topological polar surface area (TPSA) is 105 Å². The van der Waals surface area contributed by atoms with Gasteiger partial charge in [0.05, 0.1) is 0 Å². The molecular formula is C11H17N3O4. The molecule has 0 spiro atoms. The summed E-state index contributed by atoms with van der Waals surface area (Å²) in [6.45, 7) is 5.29. The van der Waals surface area contributed by atoms with E-state index in [4.69, 9.17) is 9.63 Å². The molecule has 1 aromatic heterocycles. The number of aliphatic carboxylic acids is 1. The van der Waals surface area contributed by atoms with Gasteiger partial charge >= 0.3 is 5.97 Å². The second-order valence-electron chi connectivity index (χ2n) is 4.33. The van der Waals surface area contributed by atoms with Crippen molar-refractivity contribution in [3.05, 3.63) is 11.7 Å². The first-order chi connectivity index (χ1) is 8.40. The molecule has 0 aromatic carbocycles. The average molecular weight is 255 g/mol. The molecule has 1 rings (SSSR count). The standard InChI is InChI=1S/C11H17N3O4/c1-6(2)10-13-9(18-14-10)5-4-8(15)12-7(3)11(16)17/h6-7H,4-5H2,1-3H3,(H,12,15)(H,16,17)/t7-/m0/s1. The zero-order valence-electron chi connectivity index (χ0n) is 10.6. The molecule has 7 nitrogen and oxygen atoms in total. The van der Waals surface area contributed by atoms with E-state index >= 15 is 0 Å². The van der Waals surface area contributed by atoms with Gasteiger partial charge < -0.3 is 14.9 Å². The fraction of sp³-hybridized carbons (Fsp3) is 0.636. The molecule has 1 amide bonds. The Morgan fingerprint density at radius 2 is 2.06 bits per heavy atom. The molecule has 2 N–H and O–H groups in total. The van der Waals surface area contributed by atoms with Gasteiger partial charge in [-0.25, -0.2) is 0 Å². The van der Waals surface area contributed by atoms with Gasteiger partial charge in [-0.1, -0.05) is 19.0 Å². The maximum absolute atomic E-state index is 11.4. The molecule has 7 heteroatoms. The van der Waals surface area contributed by atoms with Crippen LogP contribution in [0, 0.1) is 0 Å². The van der Waals surface area contributed by atoms with Crippen molar-refractivity contribution >= 4 is 11.9 Å². The van der Waals surface area contributed by atoms with Crippen LogP contribution >= 0.6 is 0 Å². The first kappa shape index (κ1) is 14.1. The highest BCUT2D eigenvalue weighted by Gasteiger charge is 2.15. The molecule has 0 aliphatic carbocycles. The summed E-state index contributed by atoms with van der Waals surface area (Å²) < 4.78 is 4.97. The SMILES string of the molecule is CC(C)c1noc(CCC(=O)N[C@@H](C)C(=O)O)n1. The molecule has 0 fully saturated rings. The number of nitrogens with zero attached hydrogens (tertiary/aromatic N) is 2. The number of aromatic nitrogens is 2. The maximum atomic E-state index is 11.4. The Hall–Kier alpha value is -1.92. The predicted molar refractivity (Wildman–Crippen MR) is 61.9 cm³/mol. The van der Waals surface area contributed by atoms with Gasteiger partial charge in [0.2, 0.25) is 11.8 Å². The minimum absolute atomic E-state index is 0.122. The Balaban J connectivity index is 2.40. The molecule has 1 atom stereocenters. The average Bonchev–Trinajstić information content (AvgIpc) is 2.74. The number of carbonyl (C=O) groups is 2. The molecule has 0 aliphatic rings. The highest BCUT2D eigenvalue weighted by atomic mass is 16.5. The molecule has 0 aliphatic heterocycles. The number of aryl methyl sites for hydroxylation is 1. The third-order valence-corrected chi connectivity index (χ3v) is 2.31. The van der Waals surface area contributed by atoms with Crippen molar-refractivity contribution in [3.63, 3.8) is 0 Å². The van der Waals surface area contributed by atoms with Crippen molar-refractivity contribution in [1.82, 2.24) is 15.5 Å². The molecule has 0 unspecified atom stereocenters. The maximum Gasteiger partial charge on any atom is 0.325 e. The quantitative estimate of drug-likeness (QED) is 0.775. The Kier molecular flexibility index (Phi) is 4.82. The van der Waals surface area contributed by atoms with Gasteiger partial charge in [-0.3, -0.25) is 9.59 Å². The molecule has 1 aromatic rings. The molecule has 18 heavy (non-hydrogen) atoms. The van der Waals surface area contributed by atoms with Gasteiger partial charge in [-0.15, -0.1) is 0 Å². The fourth-order valence-corrected chi connectivity index (χ4v) is 1.20. The van der Waals surface area contributed by atoms with E-state index in [2.05, 4.69) is 15.5 Å². The summed E-state index contributed by atoms with van der Waals surface area (Å²) in [6, 6.07) is -0.897. The van der Waals surface area contributed by atoms with Gasteiger partial charge in [-0.2, -0.15) is 4.98 Å². The molecule has 100 valence electrons. The van der Waals surface area contributed by atoms with E-state index in [1.165, 1.54) is 6.92 Å². The summed E-state index contributed by atoms with van der Waals surface area (Å²) in [5.41, 5.74) is 0. The minimum atomic E-state index is -1.07. The second-order valence-corrected chi connectivity index (χ2v) is 4.33. The Morgan fingerprint density at radius 1 is 1.39 bits per heavy atom. The molecule has 0 bridgehead atoms. The van der Waals surface area contributed by atoms with E-state index in [1.54, 1.807) is 0 Å².